The fourth-order valence-electron chi connectivity index (χ4n) is 1.75. The Morgan fingerprint density at radius 3 is 2.50 bits per heavy atom. The van der Waals surface area contributed by atoms with Crippen LogP contribution in [0.1, 0.15) is 38.6 Å². The van der Waals surface area contributed by atoms with Gasteiger partial charge in [0.2, 0.25) is 0 Å². The largest absolute Gasteiger partial charge is 0.378 e. The van der Waals surface area contributed by atoms with Crippen molar-refractivity contribution in [2.45, 2.75) is 49.9 Å². The maximum atomic E-state index is 11.4. The molecule has 1 aliphatic carbocycles. The standard InChI is InChI=1S/C10H16ClN3O3S/c1-10(2,17-3)6-8-12-13-9(18(11,15)16)14(8)7-4-5-7/h7H,4-6H2,1-3H3. The minimum atomic E-state index is -3.86. The van der Waals surface area contributed by atoms with E-state index in [1.165, 1.54) is 0 Å². The zero-order valence-corrected chi connectivity index (χ0v) is 12.1. The van der Waals surface area contributed by atoms with Crippen LogP contribution in [0.2, 0.25) is 0 Å². The second-order valence-electron chi connectivity index (χ2n) is 5.08. The Kier molecular flexibility index (Phi) is 3.42. The molecule has 0 saturated heterocycles. The second kappa shape index (κ2) is 4.47. The predicted molar refractivity (Wildman–Crippen MR) is 66.1 cm³/mol. The van der Waals surface area contributed by atoms with Crippen LogP contribution in [0.25, 0.3) is 0 Å². The molecule has 0 amide bonds. The number of rotatable bonds is 5. The number of hydrogen-bond donors (Lipinski definition) is 0. The Hall–Kier alpha value is -0.660. The van der Waals surface area contributed by atoms with Gasteiger partial charge in [-0.2, -0.15) is 0 Å². The van der Waals surface area contributed by atoms with Crippen molar-refractivity contribution in [3.63, 3.8) is 0 Å². The molecule has 0 radical (unpaired) electrons. The Morgan fingerprint density at radius 2 is 2.06 bits per heavy atom. The van der Waals surface area contributed by atoms with Gasteiger partial charge in [0.15, 0.2) is 0 Å². The molecule has 102 valence electrons. The summed E-state index contributed by atoms with van der Waals surface area (Å²) in [5.41, 5.74) is -0.424. The number of methoxy groups -OCH3 is 1. The SMILES string of the molecule is COC(C)(C)Cc1nnc(S(=O)(=O)Cl)n1C1CC1. The highest BCUT2D eigenvalue weighted by atomic mass is 35.7. The van der Waals surface area contributed by atoms with Crippen LogP contribution in [-0.4, -0.2) is 35.9 Å². The Bertz CT molecular complexity index is 549. The van der Waals surface area contributed by atoms with Gasteiger partial charge in [-0.25, -0.2) is 8.42 Å². The average molecular weight is 294 g/mol. The lowest BCUT2D eigenvalue weighted by molar-refractivity contribution is 0.0207. The molecule has 0 N–H and O–H groups in total. The molecule has 8 heteroatoms. The third-order valence-corrected chi connectivity index (χ3v) is 4.13. The quantitative estimate of drug-likeness (QED) is 0.769. The molecule has 6 nitrogen and oxygen atoms in total. The molecular weight excluding hydrogens is 278 g/mol. The molecule has 1 fully saturated rings. The van der Waals surface area contributed by atoms with Crippen LogP contribution in [0.15, 0.2) is 5.16 Å². The fourth-order valence-corrected chi connectivity index (χ4v) is 2.69. The zero-order valence-electron chi connectivity index (χ0n) is 10.6. The van der Waals surface area contributed by atoms with E-state index in [2.05, 4.69) is 10.2 Å². The van der Waals surface area contributed by atoms with E-state index in [0.29, 0.717) is 12.2 Å². The molecule has 1 heterocycles. The summed E-state index contributed by atoms with van der Waals surface area (Å²) in [5, 5.41) is 7.49. The molecule has 1 aromatic rings. The van der Waals surface area contributed by atoms with E-state index in [4.69, 9.17) is 15.4 Å². The van der Waals surface area contributed by atoms with Crippen LogP contribution in [0.5, 0.6) is 0 Å². The molecule has 1 saturated carbocycles. The van der Waals surface area contributed by atoms with Crippen LogP contribution in [0.4, 0.5) is 0 Å². The molecule has 1 aromatic heterocycles. The van der Waals surface area contributed by atoms with Gasteiger partial charge in [0.1, 0.15) is 5.82 Å². The molecule has 18 heavy (non-hydrogen) atoms. The van der Waals surface area contributed by atoms with E-state index in [1.807, 2.05) is 13.8 Å². The molecule has 1 aliphatic rings. The van der Waals surface area contributed by atoms with E-state index in [-0.39, 0.29) is 11.2 Å². The predicted octanol–water partition coefficient (Wildman–Crippen LogP) is 1.51. The van der Waals surface area contributed by atoms with E-state index >= 15 is 0 Å². The Balaban J connectivity index is 2.40. The minimum absolute atomic E-state index is 0.145. The first-order chi connectivity index (χ1) is 8.24. The smallest absolute Gasteiger partial charge is 0.296 e. The third-order valence-electron chi connectivity index (χ3n) is 3.00. The van der Waals surface area contributed by atoms with Gasteiger partial charge in [-0.3, -0.25) is 4.57 Å². The topological polar surface area (TPSA) is 74.1 Å². The van der Waals surface area contributed by atoms with Crippen molar-refractivity contribution in [2.24, 2.45) is 0 Å². The molecular formula is C10H16ClN3O3S. The highest BCUT2D eigenvalue weighted by molar-refractivity contribution is 8.13. The van der Waals surface area contributed by atoms with Crippen molar-refractivity contribution >= 4 is 19.7 Å². The summed E-state index contributed by atoms with van der Waals surface area (Å²) in [7, 11) is 3.12. The first-order valence-corrected chi connectivity index (χ1v) is 7.99. The van der Waals surface area contributed by atoms with E-state index in [0.717, 1.165) is 12.8 Å². The van der Waals surface area contributed by atoms with Crippen LogP contribution in [0.3, 0.4) is 0 Å². The molecule has 0 aliphatic heterocycles. The molecule has 0 atom stereocenters. The molecule has 0 unspecified atom stereocenters. The summed E-state index contributed by atoms with van der Waals surface area (Å²) < 4.78 is 29.8. The monoisotopic (exact) mass is 293 g/mol. The lowest BCUT2D eigenvalue weighted by atomic mass is 10.1. The van der Waals surface area contributed by atoms with Gasteiger partial charge in [-0.15, -0.1) is 10.2 Å². The highest BCUT2D eigenvalue weighted by Crippen LogP contribution is 2.38. The van der Waals surface area contributed by atoms with Crippen LogP contribution in [-0.2, 0) is 20.2 Å². The summed E-state index contributed by atoms with van der Waals surface area (Å²) in [6.45, 7) is 3.82. The van der Waals surface area contributed by atoms with Crippen LogP contribution >= 0.6 is 10.7 Å². The number of halogens is 1. The van der Waals surface area contributed by atoms with Crippen molar-refractivity contribution in [1.29, 1.82) is 0 Å². The average Bonchev–Trinajstić information content (AvgIpc) is 2.99. The zero-order chi connectivity index (χ0) is 13.6. The van der Waals surface area contributed by atoms with E-state index in [9.17, 15) is 8.42 Å². The lowest BCUT2D eigenvalue weighted by Gasteiger charge is -2.22. The Morgan fingerprint density at radius 1 is 1.44 bits per heavy atom. The summed E-state index contributed by atoms with van der Waals surface area (Å²) in [6.07, 6.45) is 2.34. The van der Waals surface area contributed by atoms with Crippen LogP contribution in [0, 0.1) is 0 Å². The number of aromatic nitrogens is 3. The fraction of sp³-hybridized carbons (Fsp3) is 0.800. The van der Waals surface area contributed by atoms with Crippen LogP contribution < -0.4 is 0 Å². The molecule has 2 rings (SSSR count). The van der Waals surface area contributed by atoms with E-state index in [1.54, 1.807) is 11.7 Å². The van der Waals surface area contributed by atoms with Gasteiger partial charge in [-0.1, -0.05) is 0 Å². The van der Waals surface area contributed by atoms with E-state index < -0.39 is 14.7 Å². The summed E-state index contributed by atoms with van der Waals surface area (Å²) in [5.74, 6) is 0.601. The minimum Gasteiger partial charge on any atom is -0.378 e. The lowest BCUT2D eigenvalue weighted by Crippen LogP contribution is -2.27. The van der Waals surface area contributed by atoms with Gasteiger partial charge >= 0.3 is 0 Å². The summed E-state index contributed by atoms with van der Waals surface area (Å²) in [4.78, 5) is 0. The summed E-state index contributed by atoms with van der Waals surface area (Å²) in [6, 6.07) is 0.145. The first kappa shape index (κ1) is 13.8. The normalized spacial score (nSPS) is 17.1. The van der Waals surface area contributed by atoms with Crippen molar-refractivity contribution in [2.75, 3.05) is 7.11 Å². The van der Waals surface area contributed by atoms with Gasteiger partial charge < -0.3 is 4.74 Å². The third kappa shape index (κ3) is 2.84. The van der Waals surface area contributed by atoms with Crippen molar-refractivity contribution in [3.05, 3.63) is 5.82 Å². The Labute approximate surface area is 111 Å². The second-order valence-corrected chi connectivity index (χ2v) is 7.54. The van der Waals surface area contributed by atoms with Gasteiger partial charge in [0, 0.05) is 30.3 Å². The van der Waals surface area contributed by atoms with Crippen molar-refractivity contribution in [3.8, 4) is 0 Å². The van der Waals surface area contributed by atoms with Gasteiger partial charge in [0.05, 0.1) is 5.60 Å². The molecule has 0 bridgehead atoms. The maximum Gasteiger partial charge on any atom is 0.296 e. The van der Waals surface area contributed by atoms with Crippen molar-refractivity contribution < 1.29 is 13.2 Å². The number of hydrogen-bond acceptors (Lipinski definition) is 5. The van der Waals surface area contributed by atoms with Gasteiger partial charge in [-0.05, 0) is 26.7 Å². The maximum absolute atomic E-state index is 11.4. The molecule has 0 aromatic carbocycles. The first-order valence-electron chi connectivity index (χ1n) is 5.68. The number of nitrogens with zero attached hydrogens (tertiary/aromatic N) is 3. The summed E-state index contributed by atoms with van der Waals surface area (Å²) >= 11 is 0. The van der Waals surface area contributed by atoms with Gasteiger partial charge in [0.25, 0.3) is 14.2 Å². The molecule has 0 spiro atoms. The number of ether oxygens (including phenoxy) is 1. The highest BCUT2D eigenvalue weighted by Gasteiger charge is 2.35. The van der Waals surface area contributed by atoms with Crippen molar-refractivity contribution in [1.82, 2.24) is 14.8 Å².